The van der Waals surface area contributed by atoms with Crippen LogP contribution < -0.4 is 5.73 Å². The smallest absolute Gasteiger partial charge is 0.353 e. The predicted octanol–water partition coefficient (Wildman–Crippen LogP) is -1.25. The molecule has 0 radical (unpaired) electrons. The molecule has 0 aromatic heterocycles. The van der Waals surface area contributed by atoms with Crippen molar-refractivity contribution >= 4 is 39.8 Å². The summed E-state index contributed by atoms with van der Waals surface area (Å²) in [7, 11) is -3.82. The van der Waals surface area contributed by atoms with E-state index in [0.717, 1.165) is 4.31 Å². The van der Waals surface area contributed by atoms with Gasteiger partial charge in [0.2, 0.25) is 11.8 Å². The molecule has 13 heteroatoms. The first-order valence-electron chi connectivity index (χ1n) is 10.2. The van der Waals surface area contributed by atoms with Crippen LogP contribution in [0.15, 0.2) is 10.6 Å². The maximum Gasteiger partial charge on any atom is 0.353 e. The molecule has 172 valence electrons. The molecule has 0 aromatic carbocycles. The highest BCUT2D eigenvalue weighted by Gasteiger charge is 2.60. The Morgan fingerprint density at radius 2 is 1.94 bits per heavy atom. The van der Waals surface area contributed by atoms with Crippen molar-refractivity contribution in [3.8, 4) is 0 Å². The van der Waals surface area contributed by atoms with Crippen molar-refractivity contribution in [3.63, 3.8) is 0 Å². The Kier molecular flexibility index (Phi) is 5.61. The average Bonchev–Trinajstić information content (AvgIpc) is 3.20. The molecule has 2 amide bonds. The van der Waals surface area contributed by atoms with E-state index in [9.17, 15) is 33.0 Å². The van der Waals surface area contributed by atoms with Crippen LogP contribution >= 0.6 is 11.8 Å². The number of carboxylic acids is 1. The van der Waals surface area contributed by atoms with Crippen LogP contribution in [0.4, 0.5) is 0 Å². The van der Waals surface area contributed by atoms with E-state index in [1.165, 1.54) is 27.9 Å². The van der Waals surface area contributed by atoms with Gasteiger partial charge in [-0.25, -0.2) is 4.79 Å². The van der Waals surface area contributed by atoms with E-state index in [-0.39, 0.29) is 36.5 Å². The quantitative estimate of drug-likeness (QED) is 0.386. The minimum absolute atomic E-state index is 0.0703. The van der Waals surface area contributed by atoms with Crippen molar-refractivity contribution in [1.82, 2.24) is 13.5 Å². The summed E-state index contributed by atoms with van der Waals surface area (Å²) in [6.07, 6.45) is 0.0995. The summed E-state index contributed by atoms with van der Waals surface area (Å²) >= 11 is 1.28. The fraction of sp³-hybridized carbons (Fsp3) is 0.722. The van der Waals surface area contributed by atoms with Gasteiger partial charge in [-0.1, -0.05) is 6.92 Å². The molecule has 31 heavy (non-hydrogen) atoms. The third-order valence-corrected chi connectivity index (χ3v) is 10.0. The highest BCUT2D eigenvalue weighted by molar-refractivity contribution is 8.04. The lowest BCUT2D eigenvalue weighted by Gasteiger charge is -2.46. The van der Waals surface area contributed by atoms with Gasteiger partial charge in [-0.2, -0.15) is 17.0 Å². The number of carbonyl (C=O) groups excluding carboxylic acids is 2. The number of thioether (sulfide) groups is 1. The normalized spacial score (nSPS) is 33.3. The number of hydrogen-bond acceptors (Lipinski definition) is 7. The number of nitrogens with zero attached hydrogens (tertiary/aromatic N) is 3. The van der Waals surface area contributed by atoms with Gasteiger partial charge in [-0.3, -0.25) is 9.59 Å². The largest absolute Gasteiger partial charge is 0.477 e. The highest BCUT2D eigenvalue weighted by Crippen LogP contribution is 2.52. The van der Waals surface area contributed by atoms with Gasteiger partial charge in [0.05, 0.1) is 18.1 Å². The van der Waals surface area contributed by atoms with Crippen LogP contribution in [0.3, 0.4) is 0 Å². The Hall–Kier alpha value is -1.67. The Morgan fingerprint density at radius 3 is 2.48 bits per heavy atom. The van der Waals surface area contributed by atoms with E-state index in [4.69, 9.17) is 5.73 Å². The van der Waals surface area contributed by atoms with E-state index in [1.807, 2.05) is 6.92 Å². The molecule has 3 fully saturated rings. The molecule has 4 aliphatic rings. The fourth-order valence-electron chi connectivity index (χ4n) is 4.97. The van der Waals surface area contributed by atoms with Gasteiger partial charge in [0.15, 0.2) is 0 Å². The number of aliphatic carboxylic acids is 1. The van der Waals surface area contributed by atoms with Gasteiger partial charge in [0.1, 0.15) is 11.7 Å². The number of primary amides is 1. The topological polar surface area (TPSA) is 162 Å². The number of aliphatic hydroxyl groups is 1. The molecular formula is C18H26N4O7S2. The second-order valence-electron chi connectivity index (χ2n) is 8.51. The number of aliphatic hydroxyl groups excluding tert-OH is 1. The molecule has 4 heterocycles. The number of rotatable bonds is 7. The van der Waals surface area contributed by atoms with Crippen LogP contribution in [0.2, 0.25) is 0 Å². The SMILES string of the molecule is C[C@@H](O)[C@H]1C(=O)N2C(C(=O)O)=C(SC3CN(S(=O)(=O)N4CCCC4C(N)=O)C3)[C@H](C)[C@H]12. The lowest BCUT2D eigenvalue weighted by atomic mass is 9.79. The summed E-state index contributed by atoms with van der Waals surface area (Å²) in [6, 6.07) is -1.23. The second kappa shape index (κ2) is 7.73. The van der Waals surface area contributed by atoms with Crippen LogP contribution in [-0.4, -0.2) is 93.0 Å². The summed E-state index contributed by atoms with van der Waals surface area (Å²) in [6.45, 7) is 3.94. The molecule has 4 N–H and O–H groups in total. The predicted molar refractivity (Wildman–Crippen MR) is 110 cm³/mol. The van der Waals surface area contributed by atoms with Gasteiger partial charge in [-0.05, 0) is 19.8 Å². The molecule has 1 unspecified atom stereocenters. The number of carboxylic acid groups (broad SMARTS) is 1. The van der Waals surface area contributed by atoms with E-state index in [2.05, 4.69) is 0 Å². The van der Waals surface area contributed by atoms with Gasteiger partial charge in [0.25, 0.3) is 10.2 Å². The molecule has 0 aliphatic carbocycles. The monoisotopic (exact) mass is 474 g/mol. The molecule has 4 rings (SSSR count). The summed E-state index contributed by atoms with van der Waals surface area (Å²) in [5.74, 6) is -3.17. The zero-order valence-electron chi connectivity index (χ0n) is 17.2. The molecule has 0 bridgehead atoms. The number of hydrogen-bond donors (Lipinski definition) is 3. The van der Waals surface area contributed by atoms with Crippen molar-refractivity contribution < 1.29 is 33.0 Å². The van der Waals surface area contributed by atoms with Crippen molar-refractivity contribution in [3.05, 3.63) is 10.6 Å². The van der Waals surface area contributed by atoms with E-state index >= 15 is 0 Å². The summed E-state index contributed by atoms with van der Waals surface area (Å²) in [5.41, 5.74) is 5.27. The second-order valence-corrected chi connectivity index (χ2v) is 11.7. The van der Waals surface area contributed by atoms with Crippen molar-refractivity contribution in [2.24, 2.45) is 17.6 Å². The van der Waals surface area contributed by atoms with Crippen molar-refractivity contribution in [2.75, 3.05) is 19.6 Å². The van der Waals surface area contributed by atoms with Crippen molar-refractivity contribution in [2.45, 2.75) is 50.1 Å². The molecule has 0 aromatic rings. The Labute approximate surface area is 184 Å². The zero-order chi connectivity index (χ0) is 22.8. The third kappa shape index (κ3) is 3.37. The average molecular weight is 475 g/mol. The van der Waals surface area contributed by atoms with Gasteiger partial charge >= 0.3 is 5.97 Å². The first-order chi connectivity index (χ1) is 14.5. The summed E-state index contributed by atoms with van der Waals surface area (Å²) in [5, 5.41) is 19.4. The first kappa shape index (κ1) is 22.5. The minimum atomic E-state index is -3.82. The van der Waals surface area contributed by atoms with Gasteiger partial charge in [0, 0.05) is 35.7 Å². The Morgan fingerprint density at radius 1 is 1.29 bits per heavy atom. The molecule has 3 saturated heterocycles. The Bertz CT molecular complexity index is 960. The lowest BCUT2D eigenvalue weighted by molar-refractivity contribution is -0.163. The maximum absolute atomic E-state index is 12.9. The number of fused-ring (bicyclic) bond motifs is 1. The fourth-order valence-corrected chi connectivity index (χ4v) is 8.60. The Balaban J connectivity index is 1.46. The zero-order valence-corrected chi connectivity index (χ0v) is 18.8. The lowest BCUT2D eigenvalue weighted by Crippen LogP contribution is -2.63. The van der Waals surface area contributed by atoms with Crippen LogP contribution in [0.1, 0.15) is 26.7 Å². The van der Waals surface area contributed by atoms with E-state index in [0.29, 0.717) is 17.7 Å². The number of carbonyl (C=O) groups is 3. The molecule has 4 aliphatic heterocycles. The minimum Gasteiger partial charge on any atom is -0.477 e. The van der Waals surface area contributed by atoms with Crippen LogP contribution in [-0.2, 0) is 24.6 Å². The standard InChI is InChI=1S/C18H26N4O7S2/c1-8-13-12(9(2)23)17(25)22(13)14(18(26)27)15(8)30-10-6-20(7-10)31(28,29)21-5-3-4-11(21)16(19)24/h8-13,23H,3-7H2,1-2H3,(H2,19,24)(H,26,27)/t8-,9-,11?,12-,13-/m1/s1. The van der Waals surface area contributed by atoms with Crippen molar-refractivity contribution in [1.29, 1.82) is 0 Å². The van der Waals surface area contributed by atoms with Crippen LogP contribution in [0.5, 0.6) is 0 Å². The highest BCUT2D eigenvalue weighted by atomic mass is 32.2. The molecule has 0 saturated carbocycles. The third-order valence-electron chi connectivity index (χ3n) is 6.57. The summed E-state index contributed by atoms with van der Waals surface area (Å²) < 4.78 is 28.2. The summed E-state index contributed by atoms with van der Waals surface area (Å²) in [4.78, 5) is 37.6. The van der Waals surface area contributed by atoms with Crippen LogP contribution in [0.25, 0.3) is 0 Å². The number of amides is 2. The number of β-lactam (4-membered cyclic amide) rings is 1. The van der Waals surface area contributed by atoms with Gasteiger partial charge in [-0.15, -0.1) is 11.8 Å². The molecular weight excluding hydrogens is 448 g/mol. The maximum atomic E-state index is 12.9. The van der Waals surface area contributed by atoms with E-state index < -0.39 is 52.1 Å². The number of nitrogens with two attached hydrogens (primary N) is 1. The molecule has 0 spiro atoms. The van der Waals surface area contributed by atoms with Crippen LogP contribution in [0, 0.1) is 11.8 Å². The first-order valence-corrected chi connectivity index (χ1v) is 12.5. The van der Waals surface area contributed by atoms with E-state index in [1.54, 1.807) is 0 Å². The molecule has 5 atom stereocenters. The molecule has 11 nitrogen and oxygen atoms in total. The van der Waals surface area contributed by atoms with Gasteiger partial charge < -0.3 is 20.8 Å².